The molecule has 3 aromatic rings. The first-order valence-electron chi connectivity index (χ1n) is 10.7. The number of nitrogens with one attached hydrogen (secondary N) is 1. The Bertz CT molecular complexity index is 1040. The Morgan fingerprint density at radius 2 is 1.77 bits per heavy atom. The summed E-state index contributed by atoms with van der Waals surface area (Å²) in [6, 6.07) is 26.1. The van der Waals surface area contributed by atoms with E-state index in [1.165, 1.54) is 16.7 Å². The molecule has 0 unspecified atom stereocenters. The van der Waals surface area contributed by atoms with Gasteiger partial charge in [0.1, 0.15) is 5.75 Å². The zero-order chi connectivity index (χ0) is 21.5. The van der Waals surface area contributed by atoms with Crippen LogP contribution in [-0.4, -0.2) is 31.0 Å². The minimum atomic E-state index is -0.0444. The molecule has 0 atom stereocenters. The highest BCUT2D eigenvalue weighted by Crippen LogP contribution is 2.24. The van der Waals surface area contributed by atoms with Crippen molar-refractivity contribution in [3.8, 4) is 5.75 Å². The summed E-state index contributed by atoms with van der Waals surface area (Å²) in [5.74, 6) is 0.849. The molecule has 3 aromatic carbocycles. The molecular weight excluding hydrogens is 384 g/mol. The van der Waals surface area contributed by atoms with Gasteiger partial charge in [-0.2, -0.15) is 0 Å². The zero-order valence-corrected chi connectivity index (χ0v) is 17.9. The lowest BCUT2D eigenvalue weighted by Gasteiger charge is -2.26. The van der Waals surface area contributed by atoms with Crippen molar-refractivity contribution >= 4 is 11.5 Å². The number of ether oxygens (including phenoxy) is 1. The molecule has 0 bridgehead atoms. The molecule has 158 valence electrons. The number of nitrogens with zero attached hydrogens (tertiary/aromatic N) is 1. The van der Waals surface area contributed by atoms with Crippen LogP contribution in [0.4, 0.5) is 0 Å². The van der Waals surface area contributed by atoms with Gasteiger partial charge in [-0.05, 0) is 59.0 Å². The maximum Gasteiger partial charge on any atom is 0.251 e. The smallest absolute Gasteiger partial charge is 0.251 e. The van der Waals surface area contributed by atoms with Crippen LogP contribution in [0.2, 0.25) is 0 Å². The predicted molar refractivity (Wildman–Crippen MR) is 125 cm³/mol. The Labute approximate surface area is 184 Å². The minimum absolute atomic E-state index is 0.0444. The van der Waals surface area contributed by atoms with Crippen LogP contribution in [0.5, 0.6) is 5.75 Å². The van der Waals surface area contributed by atoms with Crippen LogP contribution < -0.4 is 10.1 Å². The number of carbonyl (C=O) groups excluding carboxylic acids is 1. The number of carbonyl (C=O) groups is 1. The summed E-state index contributed by atoms with van der Waals surface area (Å²) in [5, 5.41) is 3.01. The minimum Gasteiger partial charge on any atom is -0.497 e. The van der Waals surface area contributed by atoms with E-state index in [4.69, 9.17) is 4.74 Å². The Hall–Kier alpha value is -3.37. The molecule has 0 radical (unpaired) electrons. The molecule has 0 spiro atoms. The van der Waals surface area contributed by atoms with Crippen molar-refractivity contribution in [1.82, 2.24) is 10.2 Å². The second-order valence-corrected chi connectivity index (χ2v) is 7.81. The van der Waals surface area contributed by atoms with Crippen molar-refractivity contribution in [2.45, 2.75) is 19.5 Å². The van der Waals surface area contributed by atoms with Gasteiger partial charge in [0, 0.05) is 31.7 Å². The van der Waals surface area contributed by atoms with Crippen molar-refractivity contribution < 1.29 is 9.53 Å². The van der Waals surface area contributed by atoms with Gasteiger partial charge in [0.15, 0.2) is 0 Å². The lowest BCUT2D eigenvalue weighted by molar-refractivity contribution is 0.0951. The van der Waals surface area contributed by atoms with E-state index in [2.05, 4.69) is 52.7 Å². The first-order valence-corrected chi connectivity index (χ1v) is 10.7. The largest absolute Gasteiger partial charge is 0.497 e. The molecule has 4 rings (SSSR count). The molecule has 0 saturated carbocycles. The van der Waals surface area contributed by atoms with Gasteiger partial charge >= 0.3 is 0 Å². The highest BCUT2D eigenvalue weighted by Gasteiger charge is 2.14. The number of amides is 1. The highest BCUT2D eigenvalue weighted by atomic mass is 16.5. The molecule has 4 nitrogen and oxygen atoms in total. The van der Waals surface area contributed by atoms with Crippen molar-refractivity contribution in [1.29, 1.82) is 0 Å². The third-order valence-corrected chi connectivity index (χ3v) is 5.65. The van der Waals surface area contributed by atoms with E-state index in [0.29, 0.717) is 12.1 Å². The summed E-state index contributed by atoms with van der Waals surface area (Å²) in [7, 11) is 1.69. The maximum atomic E-state index is 12.3. The fraction of sp³-hybridized carbons (Fsp3) is 0.222. The Balaban J connectivity index is 1.34. The zero-order valence-electron chi connectivity index (χ0n) is 17.9. The molecule has 1 aliphatic rings. The van der Waals surface area contributed by atoms with Gasteiger partial charge in [0.25, 0.3) is 5.91 Å². The van der Waals surface area contributed by atoms with Gasteiger partial charge in [0.2, 0.25) is 0 Å². The van der Waals surface area contributed by atoms with Gasteiger partial charge in [-0.15, -0.1) is 0 Å². The summed E-state index contributed by atoms with van der Waals surface area (Å²) in [6.07, 6.45) is 3.35. The van der Waals surface area contributed by atoms with Gasteiger partial charge in [0.05, 0.1) is 7.11 Å². The van der Waals surface area contributed by atoms with E-state index in [1.54, 1.807) is 7.11 Å². The first kappa shape index (κ1) is 20.9. The van der Waals surface area contributed by atoms with Crippen LogP contribution in [-0.2, 0) is 13.1 Å². The van der Waals surface area contributed by atoms with Crippen LogP contribution in [0.25, 0.3) is 5.57 Å². The molecule has 0 aromatic heterocycles. The quantitative estimate of drug-likeness (QED) is 0.599. The molecule has 1 heterocycles. The van der Waals surface area contributed by atoms with Gasteiger partial charge < -0.3 is 10.1 Å². The monoisotopic (exact) mass is 412 g/mol. The molecule has 1 amide bonds. The van der Waals surface area contributed by atoms with Crippen LogP contribution >= 0.6 is 0 Å². The van der Waals surface area contributed by atoms with Crippen molar-refractivity contribution in [2.75, 3.05) is 20.2 Å². The van der Waals surface area contributed by atoms with E-state index in [0.717, 1.165) is 37.4 Å². The van der Waals surface area contributed by atoms with Crippen molar-refractivity contribution in [2.24, 2.45) is 0 Å². The maximum absolute atomic E-state index is 12.3. The van der Waals surface area contributed by atoms with E-state index in [1.807, 2.05) is 42.5 Å². The molecule has 0 fully saturated rings. The van der Waals surface area contributed by atoms with Gasteiger partial charge in [-0.25, -0.2) is 0 Å². The number of hydrogen-bond donors (Lipinski definition) is 1. The van der Waals surface area contributed by atoms with Gasteiger partial charge in [-0.3, -0.25) is 9.69 Å². The third-order valence-electron chi connectivity index (χ3n) is 5.65. The number of rotatable bonds is 7. The summed E-state index contributed by atoms with van der Waals surface area (Å²) < 4.78 is 5.24. The topological polar surface area (TPSA) is 41.6 Å². The standard InChI is InChI=1S/C27H28N2O2/c1-31-26-12-10-21(11-13-26)20-29-16-14-23(15-17-29)25-9-5-6-22(18-25)19-28-27(30)24-7-3-2-4-8-24/h2-14,18H,15-17,19-20H2,1H3,(H,28,30). The second-order valence-electron chi connectivity index (χ2n) is 7.81. The normalized spacial score (nSPS) is 14.0. The van der Waals surface area contributed by atoms with Crippen LogP contribution in [0.1, 0.15) is 33.5 Å². The van der Waals surface area contributed by atoms with E-state index in [-0.39, 0.29) is 5.91 Å². The summed E-state index contributed by atoms with van der Waals surface area (Å²) in [4.78, 5) is 14.7. The highest BCUT2D eigenvalue weighted by molar-refractivity contribution is 5.94. The summed E-state index contributed by atoms with van der Waals surface area (Å²) in [6.45, 7) is 3.45. The molecule has 1 N–H and O–H groups in total. The Kier molecular flexibility index (Phi) is 6.80. The molecule has 4 heteroatoms. The lowest BCUT2D eigenvalue weighted by Crippen LogP contribution is -2.28. The number of benzene rings is 3. The third kappa shape index (κ3) is 5.62. The first-order chi connectivity index (χ1) is 15.2. The summed E-state index contributed by atoms with van der Waals surface area (Å²) >= 11 is 0. The second kappa shape index (κ2) is 10.1. The van der Waals surface area contributed by atoms with Crippen molar-refractivity contribution in [3.63, 3.8) is 0 Å². The Morgan fingerprint density at radius 1 is 0.968 bits per heavy atom. The number of hydrogen-bond acceptors (Lipinski definition) is 3. The average molecular weight is 413 g/mol. The molecule has 1 aliphatic heterocycles. The Morgan fingerprint density at radius 3 is 2.48 bits per heavy atom. The van der Waals surface area contributed by atoms with Crippen molar-refractivity contribution in [3.05, 3.63) is 107 Å². The fourth-order valence-corrected chi connectivity index (χ4v) is 3.86. The van der Waals surface area contributed by atoms with E-state index in [9.17, 15) is 4.79 Å². The average Bonchev–Trinajstić information content (AvgIpc) is 2.84. The fourth-order valence-electron chi connectivity index (χ4n) is 3.86. The molecule has 0 aliphatic carbocycles. The summed E-state index contributed by atoms with van der Waals surface area (Å²) in [5.41, 5.74) is 5.72. The molecule has 31 heavy (non-hydrogen) atoms. The predicted octanol–water partition coefficient (Wildman–Crippen LogP) is 4.91. The van der Waals surface area contributed by atoms with E-state index >= 15 is 0 Å². The van der Waals surface area contributed by atoms with Crippen LogP contribution in [0, 0.1) is 0 Å². The molecular formula is C27H28N2O2. The van der Waals surface area contributed by atoms with Gasteiger partial charge in [-0.1, -0.05) is 54.6 Å². The molecule has 0 saturated heterocycles. The van der Waals surface area contributed by atoms with Crippen LogP contribution in [0.15, 0.2) is 84.9 Å². The van der Waals surface area contributed by atoms with E-state index < -0.39 is 0 Å². The lowest BCUT2D eigenvalue weighted by atomic mass is 9.97. The SMILES string of the molecule is COc1ccc(CN2CC=C(c3cccc(CNC(=O)c4ccccc4)c3)CC2)cc1. The number of methoxy groups -OCH3 is 1. The van der Waals surface area contributed by atoms with Crippen LogP contribution in [0.3, 0.4) is 0 Å².